The van der Waals surface area contributed by atoms with Gasteiger partial charge in [0.2, 0.25) is 0 Å². The van der Waals surface area contributed by atoms with Gasteiger partial charge in [0.1, 0.15) is 34.2 Å². The van der Waals surface area contributed by atoms with Crippen LogP contribution in [0, 0.1) is 29.2 Å². The lowest BCUT2D eigenvalue weighted by Crippen LogP contribution is -2.43. The van der Waals surface area contributed by atoms with Crippen molar-refractivity contribution in [3.8, 4) is 17.0 Å². The zero-order chi connectivity index (χ0) is 27.5. The summed E-state index contributed by atoms with van der Waals surface area (Å²) in [6.07, 6.45) is 5.21. The molecule has 2 N–H and O–H groups in total. The lowest BCUT2D eigenvalue weighted by atomic mass is 9.92. The fourth-order valence-electron chi connectivity index (χ4n) is 4.83. The highest BCUT2D eigenvalue weighted by molar-refractivity contribution is 5.99. The molecule has 2 fully saturated rings. The SMILES string of the molecule is COc1cc(C(=O)NC[C@](O)(c2ccc(F)c(-c3cc(F)c(F)cc3F)n2)C2CC2)cc2cn(C3CC3)nc12. The predicted octanol–water partition coefficient (Wildman–Crippen LogP) is 5.03. The van der Waals surface area contributed by atoms with Crippen molar-refractivity contribution in [1.29, 1.82) is 0 Å². The quantitative estimate of drug-likeness (QED) is 0.242. The van der Waals surface area contributed by atoms with Gasteiger partial charge in [-0.15, -0.1) is 0 Å². The third-order valence-electron chi connectivity index (χ3n) is 7.32. The first-order chi connectivity index (χ1) is 18.7. The van der Waals surface area contributed by atoms with Crippen LogP contribution in [0.15, 0.2) is 42.6 Å². The fraction of sp³-hybridized carbons (Fsp3) is 0.321. The first kappa shape index (κ1) is 25.3. The number of carbonyl (C=O) groups excluding carboxylic acids is 1. The molecule has 0 unspecified atom stereocenters. The molecule has 6 rings (SSSR count). The smallest absolute Gasteiger partial charge is 0.251 e. The molecular weight excluding hydrogens is 516 g/mol. The molecule has 202 valence electrons. The minimum absolute atomic E-state index is 0.0235. The van der Waals surface area contributed by atoms with Gasteiger partial charge < -0.3 is 15.2 Å². The molecule has 39 heavy (non-hydrogen) atoms. The molecule has 2 aliphatic carbocycles. The van der Waals surface area contributed by atoms with Gasteiger partial charge in [-0.3, -0.25) is 9.48 Å². The lowest BCUT2D eigenvalue weighted by Gasteiger charge is -2.28. The molecule has 2 heterocycles. The van der Waals surface area contributed by atoms with E-state index < -0.39 is 46.0 Å². The van der Waals surface area contributed by atoms with Crippen molar-refractivity contribution in [1.82, 2.24) is 20.1 Å². The number of benzene rings is 2. The van der Waals surface area contributed by atoms with E-state index in [-0.39, 0.29) is 18.2 Å². The zero-order valence-corrected chi connectivity index (χ0v) is 20.8. The molecule has 2 aromatic heterocycles. The van der Waals surface area contributed by atoms with Gasteiger partial charge in [0.15, 0.2) is 11.6 Å². The Labute approximate surface area is 220 Å². The van der Waals surface area contributed by atoms with Crippen LogP contribution in [0.25, 0.3) is 22.2 Å². The maximum atomic E-state index is 14.6. The average molecular weight is 541 g/mol. The summed E-state index contributed by atoms with van der Waals surface area (Å²) in [7, 11) is 1.49. The van der Waals surface area contributed by atoms with Gasteiger partial charge in [-0.1, -0.05) is 0 Å². The van der Waals surface area contributed by atoms with E-state index in [9.17, 15) is 27.5 Å². The van der Waals surface area contributed by atoms with Crippen LogP contribution < -0.4 is 10.1 Å². The molecule has 0 bridgehead atoms. The van der Waals surface area contributed by atoms with Gasteiger partial charge in [0.25, 0.3) is 5.91 Å². The number of halogens is 4. The number of nitrogens with one attached hydrogen (secondary N) is 1. The summed E-state index contributed by atoms with van der Waals surface area (Å²) < 4.78 is 63.6. The van der Waals surface area contributed by atoms with Crippen LogP contribution in [-0.2, 0) is 5.60 Å². The molecule has 0 aliphatic heterocycles. The summed E-state index contributed by atoms with van der Waals surface area (Å²) in [5.74, 6) is -5.30. The summed E-state index contributed by atoms with van der Waals surface area (Å²) in [6, 6.07) is 6.65. The Kier molecular flexibility index (Phi) is 6.05. The molecule has 0 radical (unpaired) electrons. The second-order valence-electron chi connectivity index (χ2n) is 10.1. The topological polar surface area (TPSA) is 89.3 Å². The highest BCUT2D eigenvalue weighted by atomic mass is 19.2. The Balaban J connectivity index is 1.29. The maximum Gasteiger partial charge on any atom is 0.251 e. The van der Waals surface area contributed by atoms with Crippen molar-refractivity contribution >= 4 is 16.8 Å². The van der Waals surface area contributed by atoms with Crippen LogP contribution in [0.3, 0.4) is 0 Å². The second kappa shape index (κ2) is 9.33. The number of pyridine rings is 1. The Bertz CT molecular complexity index is 1620. The number of fused-ring (bicyclic) bond motifs is 1. The molecule has 4 aromatic rings. The molecular formula is C28H24F4N4O3. The zero-order valence-electron chi connectivity index (χ0n) is 20.8. The number of hydrogen-bond donors (Lipinski definition) is 2. The van der Waals surface area contributed by atoms with E-state index in [2.05, 4.69) is 15.4 Å². The lowest BCUT2D eigenvalue weighted by molar-refractivity contribution is 0.00949. The Morgan fingerprint density at radius 1 is 1.05 bits per heavy atom. The first-order valence-corrected chi connectivity index (χ1v) is 12.6. The highest BCUT2D eigenvalue weighted by Crippen LogP contribution is 2.45. The minimum atomic E-state index is -1.71. The monoisotopic (exact) mass is 540 g/mol. The molecule has 0 saturated heterocycles. The number of nitrogens with zero attached hydrogens (tertiary/aromatic N) is 3. The van der Waals surface area contributed by atoms with Crippen LogP contribution in [0.1, 0.15) is 47.8 Å². The molecule has 1 amide bonds. The minimum Gasteiger partial charge on any atom is -0.494 e. The van der Waals surface area contributed by atoms with E-state index >= 15 is 0 Å². The number of methoxy groups -OCH3 is 1. The Hall–Kier alpha value is -3.99. The van der Waals surface area contributed by atoms with E-state index in [1.54, 1.807) is 12.1 Å². The van der Waals surface area contributed by atoms with Gasteiger partial charge in [-0.2, -0.15) is 5.10 Å². The van der Waals surface area contributed by atoms with Crippen LogP contribution >= 0.6 is 0 Å². The Morgan fingerprint density at radius 3 is 2.49 bits per heavy atom. The van der Waals surface area contributed by atoms with Crippen LogP contribution in [0.5, 0.6) is 5.75 Å². The first-order valence-electron chi connectivity index (χ1n) is 12.6. The van der Waals surface area contributed by atoms with Crippen molar-refractivity contribution in [2.24, 2.45) is 5.92 Å². The number of ether oxygens (including phenoxy) is 1. The average Bonchev–Trinajstić information content (AvgIpc) is 3.86. The van der Waals surface area contributed by atoms with Crippen molar-refractivity contribution < 1.29 is 32.2 Å². The molecule has 2 aliphatic rings. The Morgan fingerprint density at radius 2 is 1.79 bits per heavy atom. The summed E-state index contributed by atoms with van der Waals surface area (Å²) in [4.78, 5) is 17.3. The number of carbonyl (C=O) groups is 1. The normalized spacial score (nSPS) is 16.8. The number of hydrogen-bond acceptors (Lipinski definition) is 5. The van der Waals surface area contributed by atoms with Crippen LogP contribution in [-0.4, -0.2) is 39.4 Å². The third kappa shape index (κ3) is 4.60. The van der Waals surface area contributed by atoms with E-state index in [1.807, 2.05) is 10.9 Å². The summed E-state index contributed by atoms with van der Waals surface area (Å²) >= 11 is 0. The van der Waals surface area contributed by atoms with Gasteiger partial charge in [-0.05, 0) is 61.9 Å². The largest absolute Gasteiger partial charge is 0.494 e. The third-order valence-corrected chi connectivity index (χ3v) is 7.32. The van der Waals surface area contributed by atoms with Crippen molar-refractivity contribution in [3.05, 3.63) is 77.1 Å². The van der Waals surface area contributed by atoms with Crippen molar-refractivity contribution in [2.45, 2.75) is 37.3 Å². The molecule has 7 nitrogen and oxygen atoms in total. The van der Waals surface area contributed by atoms with E-state index in [4.69, 9.17) is 4.74 Å². The van der Waals surface area contributed by atoms with E-state index in [0.29, 0.717) is 47.8 Å². The van der Waals surface area contributed by atoms with Crippen molar-refractivity contribution in [2.75, 3.05) is 13.7 Å². The number of amides is 1. The summed E-state index contributed by atoms with van der Waals surface area (Å²) in [5.41, 5.74) is -1.95. The second-order valence-corrected chi connectivity index (χ2v) is 10.1. The fourth-order valence-corrected chi connectivity index (χ4v) is 4.83. The molecule has 2 saturated carbocycles. The van der Waals surface area contributed by atoms with Gasteiger partial charge in [0, 0.05) is 28.8 Å². The van der Waals surface area contributed by atoms with Crippen LogP contribution in [0.2, 0.25) is 0 Å². The molecule has 11 heteroatoms. The van der Waals surface area contributed by atoms with Gasteiger partial charge in [-0.25, -0.2) is 22.5 Å². The van der Waals surface area contributed by atoms with Gasteiger partial charge >= 0.3 is 0 Å². The summed E-state index contributed by atoms with van der Waals surface area (Å²) in [6.45, 7) is -0.267. The van der Waals surface area contributed by atoms with Gasteiger partial charge in [0.05, 0.1) is 25.4 Å². The standard InChI is InChI=1S/C28H24F4N4O3/c1-39-23-9-14(8-15-12-36(17-4-5-17)35-25(15)23)27(37)33-13-28(38,16-2-3-16)24-7-6-19(29)26(34-24)18-10-21(31)22(32)11-20(18)30/h6-12,16-17,38H,2-5,13H2,1H3,(H,33,37)/t28-/m1/s1. The highest BCUT2D eigenvalue weighted by Gasteiger charge is 2.47. The predicted molar refractivity (Wildman–Crippen MR) is 133 cm³/mol. The summed E-state index contributed by atoms with van der Waals surface area (Å²) in [5, 5.41) is 19.7. The number of rotatable bonds is 8. The molecule has 2 aromatic carbocycles. The molecule has 0 spiro atoms. The van der Waals surface area contributed by atoms with E-state index in [0.717, 1.165) is 24.3 Å². The van der Waals surface area contributed by atoms with Crippen LogP contribution in [0.4, 0.5) is 17.6 Å². The molecule has 1 atom stereocenters. The maximum absolute atomic E-state index is 14.6. The van der Waals surface area contributed by atoms with E-state index in [1.165, 1.54) is 13.2 Å². The van der Waals surface area contributed by atoms with Crippen molar-refractivity contribution in [3.63, 3.8) is 0 Å². The number of aromatic nitrogens is 3. The number of aliphatic hydroxyl groups is 1.